The highest BCUT2D eigenvalue weighted by Gasteiger charge is 2.29. The SMILES string of the molecule is Cc1nc2ccccc2nc1COC(=O)C1CCCN(C(=O)Nc2ccccc2)C1. The quantitative estimate of drug-likeness (QED) is 0.666. The summed E-state index contributed by atoms with van der Waals surface area (Å²) in [4.78, 5) is 35.9. The monoisotopic (exact) mass is 404 g/mol. The summed E-state index contributed by atoms with van der Waals surface area (Å²) in [5, 5.41) is 2.87. The van der Waals surface area contributed by atoms with Gasteiger partial charge in [0, 0.05) is 18.8 Å². The molecule has 154 valence electrons. The average Bonchev–Trinajstić information content (AvgIpc) is 2.78. The molecule has 1 aliphatic rings. The molecule has 0 spiro atoms. The van der Waals surface area contributed by atoms with Gasteiger partial charge >= 0.3 is 12.0 Å². The van der Waals surface area contributed by atoms with Gasteiger partial charge in [0.1, 0.15) is 6.61 Å². The number of carbonyl (C=O) groups is 2. The molecule has 1 aromatic heterocycles. The van der Waals surface area contributed by atoms with Crippen molar-refractivity contribution in [2.45, 2.75) is 26.4 Å². The molecule has 1 fully saturated rings. The number of rotatable bonds is 4. The van der Waals surface area contributed by atoms with Crippen molar-refractivity contribution in [2.24, 2.45) is 5.92 Å². The van der Waals surface area contributed by atoms with Crippen LogP contribution in [-0.4, -0.2) is 40.0 Å². The molecular weight excluding hydrogens is 380 g/mol. The minimum absolute atomic E-state index is 0.0786. The minimum Gasteiger partial charge on any atom is -0.459 e. The molecule has 0 saturated carbocycles. The maximum atomic E-state index is 12.6. The zero-order valence-corrected chi connectivity index (χ0v) is 16.9. The Kier molecular flexibility index (Phi) is 5.88. The number of urea groups is 1. The Bertz CT molecular complexity index is 1050. The highest BCUT2D eigenvalue weighted by Crippen LogP contribution is 2.20. The average molecular weight is 404 g/mol. The zero-order valence-electron chi connectivity index (χ0n) is 16.9. The summed E-state index contributed by atoms with van der Waals surface area (Å²) in [6.45, 7) is 2.91. The molecule has 1 atom stereocenters. The molecular formula is C23H24N4O3. The molecule has 2 heterocycles. The Morgan fingerprint density at radius 3 is 2.53 bits per heavy atom. The van der Waals surface area contributed by atoms with Gasteiger partial charge in [0.15, 0.2) is 0 Å². The highest BCUT2D eigenvalue weighted by molar-refractivity contribution is 5.89. The Labute approximate surface area is 175 Å². The van der Waals surface area contributed by atoms with Crippen molar-refractivity contribution in [3.05, 3.63) is 66.0 Å². The third-order valence-corrected chi connectivity index (χ3v) is 5.26. The molecule has 3 aromatic rings. The number of carbonyl (C=O) groups excluding carboxylic acids is 2. The van der Waals surface area contributed by atoms with Gasteiger partial charge in [-0.1, -0.05) is 30.3 Å². The van der Waals surface area contributed by atoms with Crippen LogP contribution in [0.1, 0.15) is 24.2 Å². The fourth-order valence-electron chi connectivity index (χ4n) is 3.60. The largest absolute Gasteiger partial charge is 0.459 e. The molecule has 1 N–H and O–H groups in total. The molecule has 0 aliphatic carbocycles. The number of piperidine rings is 1. The normalized spacial score (nSPS) is 16.3. The fourth-order valence-corrected chi connectivity index (χ4v) is 3.60. The number of fused-ring (bicyclic) bond motifs is 1. The minimum atomic E-state index is -0.339. The number of esters is 1. The van der Waals surface area contributed by atoms with Gasteiger partial charge in [0.05, 0.1) is 28.3 Å². The summed E-state index contributed by atoms with van der Waals surface area (Å²) in [6, 6.07) is 16.7. The van der Waals surface area contributed by atoms with Crippen molar-refractivity contribution >= 4 is 28.7 Å². The van der Waals surface area contributed by atoms with Crippen LogP contribution < -0.4 is 5.32 Å². The van der Waals surface area contributed by atoms with E-state index in [1.54, 1.807) is 4.90 Å². The van der Waals surface area contributed by atoms with E-state index in [1.165, 1.54) is 0 Å². The van der Waals surface area contributed by atoms with E-state index in [4.69, 9.17) is 4.74 Å². The van der Waals surface area contributed by atoms with Crippen molar-refractivity contribution in [2.75, 3.05) is 18.4 Å². The van der Waals surface area contributed by atoms with E-state index >= 15 is 0 Å². The second-order valence-electron chi connectivity index (χ2n) is 7.43. The number of para-hydroxylation sites is 3. The summed E-state index contributed by atoms with van der Waals surface area (Å²) in [5.41, 5.74) is 3.72. The molecule has 4 rings (SSSR count). The number of likely N-dealkylation sites (tertiary alicyclic amines) is 1. The number of nitrogens with one attached hydrogen (secondary N) is 1. The second-order valence-corrected chi connectivity index (χ2v) is 7.43. The van der Waals surface area contributed by atoms with E-state index in [0.29, 0.717) is 25.2 Å². The lowest BCUT2D eigenvalue weighted by molar-refractivity contribution is -0.151. The van der Waals surface area contributed by atoms with Gasteiger partial charge in [0.2, 0.25) is 0 Å². The molecule has 1 unspecified atom stereocenters. The van der Waals surface area contributed by atoms with Crippen molar-refractivity contribution in [3.63, 3.8) is 0 Å². The molecule has 7 heteroatoms. The second kappa shape index (κ2) is 8.90. The van der Waals surface area contributed by atoms with E-state index < -0.39 is 0 Å². The van der Waals surface area contributed by atoms with E-state index in [-0.39, 0.29) is 24.5 Å². The summed E-state index contributed by atoms with van der Waals surface area (Å²) in [7, 11) is 0. The van der Waals surface area contributed by atoms with Crippen LogP contribution >= 0.6 is 0 Å². The van der Waals surface area contributed by atoms with Crippen LogP contribution in [0.4, 0.5) is 10.5 Å². The number of hydrogen-bond donors (Lipinski definition) is 1. The Morgan fingerprint density at radius 2 is 1.77 bits per heavy atom. The van der Waals surface area contributed by atoms with Gasteiger partial charge in [-0.25, -0.2) is 14.8 Å². The van der Waals surface area contributed by atoms with Crippen molar-refractivity contribution in [1.29, 1.82) is 0 Å². The van der Waals surface area contributed by atoms with Crippen LogP contribution in [0.15, 0.2) is 54.6 Å². The lowest BCUT2D eigenvalue weighted by Gasteiger charge is -2.31. The number of aryl methyl sites for hydroxylation is 1. The molecule has 1 aliphatic heterocycles. The van der Waals surface area contributed by atoms with Crippen LogP contribution in [0.3, 0.4) is 0 Å². The van der Waals surface area contributed by atoms with Crippen LogP contribution in [0.2, 0.25) is 0 Å². The zero-order chi connectivity index (χ0) is 20.9. The predicted molar refractivity (Wildman–Crippen MR) is 114 cm³/mol. The molecule has 1 saturated heterocycles. The first kappa shape index (κ1) is 19.8. The maximum Gasteiger partial charge on any atom is 0.321 e. The van der Waals surface area contributed by atoms with Crippen molar-refractivity contribution in [1.82, 2.24) is 14.9 Å². The lowest BCUT2D eigenvalue weighted by atomic mass is 9.98. The van der Waals surface area contributed by atoms with E-state index in [1.807, 2.05) is 61.5 Å². The summed E-state index contributed by atoms with van der Waals surface area (Å²) >= 11 is 0. The topological polar surface area (TPSA) is 84.4 Å². The first-order valence-electron chi connectivity index (χ1n) is 10.1. The van der Waals surface area contributed by atoms with Crippen LogP contribution in [-0.2, 0) is 16.1 Å². The number of ether oxygens (including phenoxy) is 1. The summed E-state index contributed by atoms with van der Waals surface area (Å²) < 4.78 is 5.54. The number of anilines is 1. The number of aromatic nitrogens is 2. The fraction of sp³-hybridized carbons (Fsp3) is 0.304. The van der Waals surface area contributed by atoms with Crippen LogP contribution in [0.25, 0.3) is 11.0 Å². The van der Waals surface area contributed by atoms with Gasteiger partial charge in [0.25, 0.3) is 0 Å². The van der Waals surface area contributed by atoms with Gasteiger partial charge < -0.3 is 15.0 Å². The molecule has 2 aromatic carbocycles. The molecule has 2 amide bonds. The van der Waals surface area contributed by atoms with Crippen LogP contribution in [0.5, 0.6) is 0 Å². The standard InChI is InChI=1S/C23H24N4O3/c1-16-21(26-20-12-6-5-11-19(20)24-16)15-30-22(28)17-8-7-13-27(14-17)23(29)25-18-9-3-2-4-10-18/h2-6,9-12,17H,7-8,13-15H2,1H3,(H,25,29). The predicted octanol–water partition coefficient (Wildman–Crippen LogP) is 3.93. The number of nitrogens with zero attached hydrogens (tertiary/aromatic N) is 3. The van der Waals surface area contributed by atoms with Gasteiger partial charge in [-0.15, -0.1) is 0 Å². The Balaban J connectivity index is 1.35. The number of benzene rings is 2. The third-order valence-electron chi connectivity index (χ3n) is 5.26. The Morgan fingerprint density at radius 1 is 1.07 bits per heavy atom. The number of amides is 2. The first-order valence-corrected chi connectivity index (χ1v) is 10.1. The van der Waals surface area contributed by atoms with Crippen LogP contribution in [0, 0.1) is 12.8 Å². The highest BCUT2D eigenvalue weighted by atomic mass is 16.5. The lowest BCUT2D eigenvalue weighted by Crippen LogP contribution is -2.44. The summed E-state index contributed by atoms with van der Waals surface area (Å²) in [5.74, 6) is -0.643. The smallest absolute Gasteiger partial charge is 0.321 e. The van der Waals surface area contributed by atoms with Crippen molar-refractivity contribution < 1.29 is 14.3 Å². The van der Waals surface area contributed by atoms with Gasteiger partial charge in [-0.2, -0.15) is 0 Å². The molecule has 0 radical (unpaired) electrons. The van der Waals surface area contributed by atoms with E-state index in [2.05, 4.69) is 15.3 Å². The third kappa shape index (κ3) is 4.56. The molecule has 0 bridgehead atoms. The summed E-state index contributed by atoms with van der Waals surface area (Å²) in [6.07, 6.45) is 1.47. The first-order chi connectivity index (χ1) is 14.6. The van der Waals surface area contributed by atoms with E-state index in [9.17, 15) is 9.59 Å². The van der Waals surface area contributed by atoms with E-state index in [0.717, 1.165) is 28.8 Å². The maximum absolute atomic E-state index is 12.6. The molecule has 7 nitrogen and oxygen atoms in total. The Hall–Kier alpha value is -3.48. The molecule has 30 heavy (non-hydrogen) atoms. The van der Waals surface area contributed by atoms with Crippen molar-refractivity contribution in [3.8, 4) is 0 Å². The van der Waals surface area contributed by atoms with Gasteiger partial charge in [-0.3, -0.25) is 4.79 Å². The number of hydrogen-bond acceptors (Lipinski definition) is 5. The van der Waals surface area contributed by atoms with Gasteiger partial charge in [-0.05, 0) is 44.0 Å².